The molecule has 0 saturated carbocycles. The number of carbonyl (C=O) groups is 3. The number of hydrogen-bond acceptors (Lipinski definition) is 12. The highest BCUT2D eigenvalue weighted by molar-refractivity contribution is 8.00. The van der Waals surface area contributed by atoms with Crippen LogP contribution in [0.1, 0.15) is 43.4 Å². The van der Waals surface area contributed by atoms with Crippen LogP contribution in [-0.2, 0) is 50.2 Å². The molecule has 0 aliphatic carbocycles. The van der Waals surface area contributed by atoms with Crippen molar-refractivity contribution in [3.05, 3.63) is 114 Å². The van der Waals surface area contributed by atoms with Gasteiger partial charge in [-0.25, -0.2) is 27.6 Å². The van der Waals surface area contributed by atoms with Crippen LogP contribution >= 0.6 is 11.8 Å². The molecule has 16 heteroatoms. The van der Waals surface area contributed by atoms with Gasteiger partial charge in [0, 0.05) is 42.2 Å². The average molecular weight is 755 g/mol. The van der Waals surface area contributed by atoms with Crippen molar-refractivity contribution in [3.63, 3.8) is 0 Å². The number of allylic oxidation sites excluding steroid dienone is 2. The minimum atomic E-state index is -1.82. The highest BCUT2D eigenvalue weighted by Crippen LogP contribution is 2.42. The molecule has 4 rings (SSSR count). The Bertz CT molecular complexity index is 1840. The van der Waals surface area contributed by atoms with Crippen molar-refractivity contribution in [1.82, 2.24) is 14.8 Å². The number of halogens is 3. The minimum absolute atomic E-state index is 0.145. The summed E-state index contributed by atoms with van der Waals surface area (Å²) in [7, 11) is 0. The lowest BCUT2D eigenvalue weighted by molar-refractivity contribution is -0.170. The van der Waals surface area contributed by atoms with Gasteiger partial charge < -0.3 is 23.7 Å². The topological polar surface area (TPSA) is 152 Å². The molecule has 12 nitrogen and oxygen atoms in total. The number of aromatic nitrogens is 3. The first-order valence-corrected chi connectivity index (χ1v) is 17.3. The predicted molar refractivity (Wildman–Crippen MR) is 186 cm³/mol. The van der Waals surface area contributed by atoms with E-state index < -0.39 is 65.0 Å². The maximum absolute atomic E-state index is 15.7. The van der Waals surface area contributed by atoms with E-state index >= 15 is 4.39 Å². The number of thioether (sulfide) groups is 1. The van der Waals surface area contributed by atoms with Crippen molar-refractivity contribution in [2.45, 2.75) is 61.7 Å². The Morgan fingerprint density at radius 3 is 2.57 bits per heavy atom. The number of nitriles is 1. The Labute approximate surface area is 308 Å². The monoisotopic (exact) mass is 754 g/mol. The summed E-state index contributed by atoms with van der Waals surface area (Å²) >= 11 is 1.27. The highest BCUT2D eigenvalue weighted by Gasteiger charge is 2.47. The van der Waals surface area contributed by atoms with Gasteiger partial charge in [0.1, 0.15) is 36.7 Å². The third-order valence-corrected chi connectivity index (χ3v) is 9.25. The molecule has 0 radical (unpaired) electrons. The second-order valence-electron chi connectivity index (χ2n) is 11.7. The first-order valence-electron chi connectivity index (χ1n) is 16.3. The van der Waals surface area contributed by atoms with Crippen LogP contribution in [-0.4, -0.2) is 75.4 Å². The van der Waals surface area contributed by atoms with E-state index in [4.69, 9.17) is 28.9 Å². The van der Waals surface area contributed by atoms with E-state index in [1.54, 1.807) is 25.2 Å². The molecule has 2 heterocycles. The lowest BCUT2D eigenvalue weighted by Crippen LogP contribution is -2.47. The van der Waals surface area contributed by atoms with E-state index in [9.17, 15) is 23.2 Å². The van der Waals surface area contributed by atoms with E-state index in [1.807, 2.05) is 6.07 Å². The van der Waals surface area contributed by atoms with Gasteiger partial charge in [-0.1, -0.05) is 36.9 Å². The van der Waals surface area contributed by atoms with Crippen LogP contribution in [0.25, 0.3) is 6.08 Å². The third-order valence-electron chi connectivity index (χ3n) is 7.80. The minimum Gasteiger partial charge on any atom is -0.459 e. The zero-order valence-electron chi connectivity index (χ0n) is 28.9. The summed E-state index contributed by atoms with van der Waals surface area (Å²) in [6, 6.07) is 8.94. The molecule has 3 atom stereocenters. The normalized spacial score (nSPS) is 18.1. The molecule has 3 aromatic rings. The van der Waals surface area contributed by atoms with Gasteiger partial charge in [-0.15, -0.1) is 11.8 Å². The number of rotatable bonds is 17. The first-order chi connectivity index (χ1) is 25.4. The first kappa shape index (κ1) is 40.5. The number of benzene rings is 2. The SMILES string of the molecule is C=CCOC(=O)C(CCC(=O)O[C@@](Cn1cncn1)(c1ccc(F)cc1F)[C@@H](C)S[C@H]1CO[C@H](C=CC=Cc2ccc(C#N)cc2F)OC1)OC(C)=O. The molecule has 53 heavy (non-hydrogen) atoms. The summed E-state index contributed by atoms with van der Waals surface area (Å²) < 4.78 is 73.3. The van der Waals surface area contributed by atoms with Crippen LogP contribution in [0.4, 0.5) is 13.2 Å². The van der Waals surface area contributed by atoms with Gasteiger partial charge in [0.2, 0.25) is 0 Å². The molecule has 1 saturated heterocycles. The van der Waals surface area contributed by atoms with Gasteiger partial charge in [-0.05, 0) is 37.3 Å². The van der Waals surface area contributed by atoms with Crippen LogP contribution in [0.3, 0.4) is 0 Å². The molecule has 2 aromatic carbocycles. The molecule has 0 N–H and O–H groups in total. The zero-order valence-corrected chi connectivity index (χ0v) is 29.7. The van der Waals surface area contributed by atoms with Crippen LogP contribution in [0.15, 0.2) is 79.9 Å². The molecule has 1 unspecified atom stereocenters. The molecular formula is C37H37F3N4O8S. The number of nitrogens with zero attached hydrogens (tertiary/aromatic N) is 4. The van der Waals surface area contributed by atoms with Crippen molar-refractivity contribution < 1.29 is 51.2 Å². The van der Waals surface area contributed by atoms with Crippen molar-refractivity contribution in [1.29, 1.82) is 5.26 Å². The maximum atomic E-state index is 15.7. The Hall–Kier alpha value is -5.24. The largest absolute Gasteiger partial charge is 0.459 e. The van der Waals surface area contributed by atoms with Crippen molar-refractivity contribution in [2.75, 3.05) is 19.8 Å². The van der Waals surface area contributed by atoms with E-state index in [2.05, 4.69) is 16.7 Å². The third kappa shape index (κ3) is 11.6. The molecule has 0 spiro atoms. The van der Waals surface area contributed by atoms with Crippen molar-refractivity contribution in [3.8, 4) is 6.07 Å². The van der Waals surface area contributed by atoms with E-state index in [1.165, 1.54) is 59.4 Å². The maximum Gasteiger partial charge on any atom is 0.347 e. The molecule has 1 fully saturated rings. The van der Waals surface area contributed by atoms with Gasteiger partial charge in [0.15, 0.2) is 18.0 Å². The Balaban J connectivity index is 1.51. The second-order valence-corrected chi connectivity index (χ2v) is 13.3. The lowest BCUT2D eigenvalue weighted by Gasteiger charge is -2.40. The van der Waals surface area contributed by atoms with E-state index in [0.717, 1.165) is 19.1 Å². The van der Waals surface area contributed by atoms with Crippen molar-refractivity contribution >= 4 is 35.7 Å². The van der Waals surface area contributed by atoms with E-state index in [-0.39, 0.29) is 49.2 Å². The Kier molecular flexibility index (Phi) is 15.0. The summed E-state index contributed by atoms with van der Waals surface area (Å²) in [6.07, 6.45) is 7.40. The van der Waals surface area contributed by atoms with E-state index in [0.29, 0.717) is 11.6 Å². The Morgan fingerprint density at radius 2 is 1.92 bits per heavy atom. The summed E-state index contributed by atoms with van der Waals surface area (Å²) in [4.78, 5) is 41.7. The molecule has 1 aromatic heterocycles. The lowest BCUT2D eigenvalue weighted by atomic mass is 9.89. The number of esters is 3. The molecular weight excluding hydrogens is 717 g/mol. The standard InChI is InChI=1S/C37H37F3N4O8S/c1-4-15-48-36(47)33(51-25(3)45)13-14-34(46)52-37(21-44-23-42-22-43-44,30-12-11-28(38)17-32(30)40)24(2)53-29-19-49-35(50-20-29)8-6-5-7-27-10-9-26(18-41)16-31(27)39/h4-12,16-17,22-24,29,33,35H,1,13-15,19-21H2,2-3H3/t24-,29-,33?,35-,37-/m1/s1. The fourth-order valence-corrected chi connectivity index (χ4v) is 6.65. The second kappa shape index (κ2) is 19.6. The van der Waals surface area contributed by atoms with Crippen LogP contribution < -0.4 is 0 Å². The van der Waals surface area contributed by atoms with Crippen LogP contribution in [0.2, 0.25) is 0 Å². The van der Waals surface area contributed by atoms with Gasteiger partial charge in [-0.3, -0.25) is 9.59 Å². The quantitative estimate of drug-likeness (QED) is 0.0733. The highest BCUT2D eigenvalue weighted by atomic mass is 32.2. The van der Waals surface area contributed by atoms with Gasteiger partial charge in [0.25, 0.3) is 0 Å². The summed E-state index contributed by atoms with van der Waals surface area (Å²) in [5.41, 5.74) is -1.46. The number of ether oxygens (including phenoxy) is 5. The summed E-state index contributed by atoms with van der Waals surface area (Å²) in [5, 5.41) is 11.9. The predicted octanol–water partition coefficient (Wildman–Crippen LogP) is 5.58. The number of carbonyl (C=O) groups excluding carboxylic acids is 3. The van der Waals surface area contributed by atoms with Crippen LogP contribution in [0.5, 0.6) is 0 Å². The molecule has 1 aliphatic heterocycles. The van der Waals surface area contributed by atoms with Gasteiger partial charge in [-0.2, -0.15) is 10.4 Å². The smallest absolute Gasteiger partial charge is 0.347 e. The fraction of sp³-hybridized carbons (Fsp3) is 0.351. The molecule has 0 bridgehead atoms. The molecule has 1 aliphatic rings. The van der Waals surface area contributed by atoms with Crippen LogP contribution in [0, 0.1) is 28.8 Å². The average Bonchev–Trinajstić information content (AvgIpc) is 3.64. The molecule has 280 valence electrons. The summed E-state index contributed by atoms with van der Waals surface area (Å²) in [5.74, 6) is -4.91. The fourth-order valence-electron chi connectivity index (χ4n) is 5.29. The number of hydrogen-bond donors (Lipinski definition) is 0. The van der Waals surface area contributed by atoms with Gasteiger partial charge in [0.05, 0.1) is 36.6 Å². The summed E-state index contributed by atoms with van der Waals surface area (Å²) in [6.45, 7) is 6.23. The Morgan fingerprint density at radius 1 is 1.15 bits per heavy atom. The molecule has 0 amide bonds. The van der Waals surface area contributed by atoms with Gasteiger partial charge >= 0.3 is 17.9 Å². The van der Waals surface area contributed by atoms with Crippen molar-refractivity contribution in [2.24, 2.45) is 0 Å². The zero-order chi connectivity index (χ0) is 38.4.